The third-order valence-corrected chi connectivity index (χ3v) is 31.5. The van der Waals surface area contributed by atoms with E-state index in [0.717, 1.165) is 174 Å². The van der Waals surface area contributed by atoms with Gasteiger partial charge in [-0.15, -0.1) is 47.0 Å². The lowest BCUT2D eigenvalue weighted by Gasteiger charge is -2.45. The molecular formula is C103H95F3N4O13S4. The number of aryl methyl sites for hydroxylation is 2. The molecule has 12 aliphatic rings. The Balaban J connectivity index is 0.000000115. The molecule has 9 aromatic carbocycles. The summed E-state index contributed by atoms with van der Waals surface area (Å²) in [6.45, 7) is 12.3. The van der Waals surface area contributed by atoms with Crippen molar-refractivity contribution in [1.29, 1.82) is 0 Å². The van der Waals surface area contributed by atoms with E-state index in [0.29, 0.717) is 111 Å². The molecule has 0 unspecified atom stereocenters. The molecule has 4 aliphatic carbocycles. The number of nitrogens with zero attached hydrogens (tertiary/aromatic N) is 4. The van der Waals surface area contributed by atoms with E-state index in [9.17, 15) is 51.5 Å². The fourth-order valence-corrected chi connectivity index (χ4v) is 23.6. The van der Waals surface area contributed by atoms with Gasteiger partial charge in [-0.05, 0) is 132 Å². The van der Waals surface area contributed by atoms with E-state index in [2.05, 4.69) is 49.9 Å². The molecule has 0 amide bonds. The van der Waals surface area contributed by atoms with Crippen molar-refractivity contribution in [3.05, 3.63) is 322 Å². The summed E-state index contributed by atoms with van der Waals surface area (Å²) in [6, 6.07) is 64.6. The first-order chi connectivity index (χ1) is 61.6. The first-order valence-corrected chi connectivity index (χ1v) is 47.4. The summed E-state index contributed by atoms with van der Waals surface area (Å²) in [4.78, 5) is 112. The van der Waals surface area contributed by atoms with Gasteiger partial charge in [0.1, 0.15) is 88.3 Å². The number of benzene rings is 9. The number of piperidine rings is 4. The highest BCUT2D eigenvalue weighted by atomic mass is 32.2. The van der Waals surface area contributed by atoms with Gasteiger partial charge in [-0.3, -0.25) is 53.1 Å². The molecule has 9 aromatic rings. The van der Waals surface area contributed by atoms with E-state index in [4.69, 9.17) is 23.7 Å². The van der Waals surface area contributed by atoms with E-state index in [-0.39, 0.29) is 39.9 Å². The number of carbonyl (C=O) groups excluding carboxylic acids is 8. The zero-order chi connectivity index (χ0) is 87.7. The van der Waals surface area contributed by atoms with Crippen molar-refractivity contribution in [2.75, 3.05) is 89.0 Å². The maximum atomic E-state index is 13.9. The summed E-state index contributed by atoms with van der Waals surface area (Å²) in [5, 5.41) is 0. The zero-order valence-electron chi connectivity index (χ0n) is 70.7. The number of rotatable bonds is 13. The third kappa shape index (κ3) is 18.5. The molecule has 8 heterocycles. The van der Waals surface area contributed by atoms with Crippen molar-refractivity contribution < 1.29 is 75.2 Å². The standard InChI is InChI=1S/C29H24FNO3S.C26H27NO3S.C24H22FNO4S.C24H22FNO3S/c30-22-9-6-19(7-10-22)17-31-14-12-29(13-15-31)18-35-28-26(33)25(32)23-11-8-21(16-24(23)27(28)34-29)20-4-2-1-3-5-20;28-22-20-11-4-5-12-21(20)24-25(23(22)29)31-18-26(30-24)13-16-27(17-14-26)15-7-6-10-19-8-2-1-3-9-19;1-29-17-6-7-18-19(12-17)22-23(21(28)20(18)27)31-14-24(30-22)8-10-26(11-9-24)13-15-2-4-16(25)5-3-15;1-15-6-7-16(12-19(15)25)13-26-10-8-24(9-11-26)14-30-23-21(28)20(27)17-4-2-3-5-18(17)22(23)29-24/h1-11,16H,12-15,17-18H2;1-5,8-9,11-12H,6-7,10,13-18H2;2-7,12H,8-11,13-14H2,1H3;2-7,12H,8-11,13-14H2,1H3. The molecular weight excluding hydrogens is 1690 g/mol. The molecule has 24 heteroatoms. The predicted molar refractivity (Wildman–Crippen MR) is 490 cm³/mol. The average Bonchev–Trinajstić information content (AvgIpc) is 0.748. The topological polar surface area (TPSA) is 196 Å². The van der Waals surface area contributed by atoms with Crippen molar-refractivity contribution in [3.8, 4) is 16.9 Å². The number of methoxy groups -OCH3 is 1. The lowest BCUT2D eigenvalue weighted by atomic mass is 9.88. The number of fused-ring (bicyclic) bond motifs is 8. The summed E-state index contributed by atoms with van der Waals surface area (Å²) < 4.78 is 71.8. The van der Waals surface area contributed by atoms with Crippen molar-refractivity contribution in [3.63, 3.8) is 0 Å². The second kappa shape index (κ2) is 37.2. The Kier molecular flexibility index (Phi) is 25.5. The van der Waals surface area contributed by atoms with Gasteiger partial charge in [-0.2, -0.15) is 0 Å². The second-order valence-corrected chi connectivity index (χ2v) is 38.6. The number of allylic oxidation sites excluding steroid dienone is 4. The zero-order valence-corrected chi connectivity index (χ0v) is 73.9. The van der Waals surface area contributed by atoms with Crippen LogP contribution < -0.4 is 4.74 Å². The maximum Gasteiger partial charge on any atom is 0.243 e. The van der Waals surface area contributed by atoms with Crippen LogP contribution in [0.15, 0.2) is 232 Å². The molecule has 0 atom stereocenters. The van der Waals surface area contributed by atoms with Gasteiger partial charge in [0.05, 0.1) is 7.11 Å². The van der Waals surface area contributed by atoms with E-state index in [1.165, 1.54) is 89.7 Å². The number of ketones is 8. The van der Waals surface area contributed by atoms with Gasteiger partial charge in [0.25, 0.3) is 0 Å². The average molecular weight is 1780 g/mol. The van der Waals surface area contributed by atoms with Crippen LogP contribution in [0.1, 0.15) is 156 Å². The smallest absolute Gasteiger partial charge is 0.243 e. The number of likely N-dealkylation sites (tertiary alicyclic amines) is 4. The quantitative estimate of drug-likeness (QED) is 0.0780. The van der Waals surface area contributed by atoms with Crippen LogP contribution in [-0.2, 0) is 64.2 Å². The minimum atomic E-state index is -0.488. The number of ether oxygens (including phenoxy) is 5. The van der Waals surface area contributed by atoms with Crippen molar-refractivity contribution in [2.24, 2.45) is 0 Å². The van der Waals surface area contributed by atoms with Crippen LogP contribution in [0.5, 0.6) is 5.75 Å². The van der Waals surface area contributed by atoms with E-state index in [1.807, 2.05) is 103 Å². The Hall–Kier alpha value is -10.7. The fraction of sp³-hybridized carbons (Fsp3) is 0.320. The number of carbonyl (C=O) groups is 8. The third-order valence-electron chi connectivity index (χ3n) is 26.2. The number of unbranched alkanes of at least 4 members (excludes halogenated alkanes) is 1. The summed E-state index contributed by atoms with van der Waals surface area (Å²) in [6.07, 6.45) is 10.4. The minimum absolute atomic E-state index is 0.164. The highest BCUT2D eigenvalue weighted by Crippen LogP contribution is 2.53. The van der Waals surface area contributed by atoms with Crippen LogP contribution in [0.25, 0.3) is 34.2 Å². The van der Waals surface area contributed by atoms with Crippen LogP contribution >= 0.6 is 47.0 Å². The Labute approximate surface area is 753 Å². The molecule has 17 nitrogen and oxygen atoms in total. The molecule has 0 N–H and O–H groups in total. The molecule has 4 spiro atoms. The van der Waals surface area contributed by atoms with Crippen LogP contribution in [0.3, 0.4) is 0 Å². The number of hydrogen-bond acceptors (Lipinski definition) is 21. The number of halogens is 3. The van der Waals surface area contributed by atoms with Gasteiger partial charge < -0.3 is 28.6 Å². The van der Waals surface area contributed by atoms with Gasteiger partial charge in [-0.1, -0.05) is 152 Å². The normalized spacial score (nSPS) is 20.2. The first kappa shape index (κ1) is 87.0. The largest absolute Gasteiger partial charge is 0.497 e. The highest BCUT2D eigenvalue weighted by molar-refractivity contribution is 8.05. The summed E-state index contributed by atoms with van der Waals surface area (Å²) >= 11 is 5.86. The Morgan fingerprint density at radius 2 is 0.669 bits per heavy atom. The highest BCUT2D eigenvalue weighted by Gasteiger charge is 2.51. The molecule has 0 aromatic heterocycles. The Morgan fingerprint density at radius 3 is 1.08 bits per heavy atom. The first-order valence-electron chi connectivity index (χ1n) is 43.5. The molecule has 8 aliphatic heterocycles. The van der Waals surface area contributed by atoms with Gasteiger partial charge in [0, 0.05) is 191 Å². The molecule has 0 bridgehead atoms. The SMILES string of the molecule is COc1ccc2c(c1)C1=C(SCC3(CCN(Cc4ccc(F)cc4)CC3)O1)C(=O)C2=O.Cc1ccc(CN2CCC3(CC2)CSC2=C(O3)c3ccccc3C(=O)C2=O)cc1F.O=C1C(=O)c2ccc(-c3ccccc3)cc2C2=C1SCC1(CCN(Cc3ccc(F)cc3)CC1)O2.O=C1C(=O)c2ccccc2C2=C1SCC1(CCN(CCCCc3ccccc3)CC1)O2. The summed E-state index contributed by atoms with van der Waals surface area (Å²) in [5.74, 6) is 1.38. The second-order valence-electron chi connectivity index (χ2n) is 34.6. The van der Waals surface area contributed by atoms with Gasteiger partial charge >= 0.3 is 0 Å². The van der Waals surface area contributed by atoms with Crippen molar-refractivity contribution >= 4 is 116 Å². The lowest BCUT2D eigenvalue weighted by Crippen LogP contribution is -2.49. The Bertz CT molecular complexity index is 5980. The van der Waals surface area contributed by atoms with Gasteiger partial charge in [0.2, 0.25) is 46.3 Å². The summed E-state index contributed by atoms with van der Waals surface area (Å²) in [5.41, 5.74) is 10.5. The molecule has 650 valence electrons. The number of Topliss-reactive ketones (excluding diaryl/α,β-unsaturated/α-hetero) is 8. The number of thioether (sulfide) groups is 4. The fourth-order valence-electron chi connectivity index (χ4n) is 18.6. The van der Waals surface area contributed by atoms with Crippen LogP contribution in [0.4, 0.5) is 13.2 Å². The monoisotopic (exact) mass is 1780 g/mol. The van der Waals surface area contributed by atoms with E-state index < -0.39 is 46.3 Å². The van der Waals surface area contributed by atoms with Crippen LogP contribution in [-0.4, -0.2) is 177 Å². The molecule has 4 saturated heterocycles. The van der Waals surface area contributed by atoms with E-state index in [1.54, 1.807) is 68.6 Å². The molecule has 4 fully saturated rings. The molecule has 21 rings (SSSR count). The Morgan fingerprint density at radius 1 is 0.323 bits per heavy atom. The van der Waals surface area contributed by atoms with Crippen LogP contribution in [0, 0.1) is 24.4 Å². The summed E-state index contributed by atoms with van der Waals surface area (Å²) in [7, 11) is 1.57. The van der Waals surface area contributed by atoms with Crippen molar-refractivity contribution in [2.45, 2.75) is 120 Å². The lowest BCUT2D eigenvalue weighted by molar-refractivity contribution is -0.112. The maximum absolute atomic E-state index is 13.9. The molecule has 0 saturated carbocycles. The minimum Gasteiger partial charge on any atom is -0.497 e. The molecule has 0 radical (unpaired) electrons. The van der Waals surface area contributed by atoms with Crippen LogP contribution in [0.2, 0.25) is 0 Å². The van der Waals surface area contributed by atoms with E-state index >= 15 is 0 Å². The van der Waals surface area contributed by atoms with Gasteiger partial charge in [-0.25, -0.2) is 13.2 Å². The number of hydrogen-bond donors (Lipinski definition) is 0. The predicted octanol–water partition coefficient (Wildman–Crippen LogP) is 18.9. The van der Waals surface area contributed by atoms with Gasteiger partial charge in [0.15, 0.2) is 0 Å². The van der Waals surface area contributed by atoms with Crippen molar-refractivity contribution in [1.82, 2.24) is 19.6 Å². The molecule has 127 heavy (non-hydrogen) atoms.